The molecule has 0 radical (unpaired) electrons. The lowest BCUT2D eigenvalue weighted by Gasteiger charge is -2.07. The SMILES string of the molecule is O=C(O)c1cc(-c2ccc(N=Cc3cccs3)cc2)nc2ccccc12. The predicted molar refractivity (Wildman–Crippen MR) is 106 cm³/mol. The van der Waals surface area contributed by atoms with Crippen LogP contribution in [-0.2, 0) is 0 Å². The van der Waals surface area contributed by atoms with Gasteiger partial charge >= 0.3 is 5.97 Å². The van der Waals surface area contributed by atoms with Crippen LogP contribution in [0.1, 0.15) is 15.2 Å². The van der Waals surface area contributed by atoms with Gasteiger partial charge in [-0.3, -0.25) is 4.99 Å². The van der Waals surface area contributed by atoms with Crippen molar-refractivity contribution in [2.45, 2.75) is 0 Å². The summed E-state index contributed by atoms with van der Waals surface area (Å²) >= 11 is 1.63. The third kappa shape index (κ3) is 3.25. The maximum atomic E-state index is 11.6. The fourth-order valence-corrected chi connectivity index (χ4v) is 3.31. The lowest BCUT2D eigenvalue weighted by Crippen LogP contribution is -2.00. The number of aromatic nitrogens is 1. The molecular formula is C21H14N2O2S. The van der Waals surface area contributed by atoms with E-state index in [0.717, 1.165) is 16.1 Å². The number of rotatable bonds is 4. The minimum atomic E-state index is -0.956. The van der Waals surface area contributed by atoms with Crippen LogP contribution in [0.5, 0.6) is 0 Å². The Labute approximate surface area is 154 Å². The lowest BCUT2D eigenvalue weighted by atomic mass is 10.0. The van der Waals surface area contributed by atoms with E-state index in [4.69, 9.17) is 0 Å². The minimum absolute atomic E-state index is 0.255. The summed E-state index contributed by atoms with van der Waals surface area (Å²) in [6.07, 6.45) is 1.83. The van der Waals surface area contributed by atoms with Crippen molar-refractivity contribution >= 4 is 40.1 Å². The Morgan fingerprint density at radius 1 is 1.04 bits per heavy atom. The molecule has 0 aliphatic carbocycles. The second kappa shape index (κ2) is 6.90. The minimum Gasteiger partial charge on any atom is -0.478 e. The van der Waals surface area contributed by atoms with Gasteiger partial charge in [0.2, 0.25) is 0 Å². The Bertz CT molecular complexity index is 1100. The van der Waals surface area contributed by atoms with Crippen LogP contribution in [0.4, 0.5) is 5.69 Å². The number of nitrogens with zero attached hydrogens (tertiary/aromatic N) is 2. The molecule has 0 atom stereocenters. The molecule has 0 saturated heterocycles. The fourth-order valence-electron chi connectivity index (χ4n) is 2.72. The highest BCUT2D eigenvalue weighted by Crippen LogP contribution is 2.26. The van der Waals surface area contributed by atoms with Crippen molar-refractivity contribution < 1.29 is 9.90 Å². The van der Waals surface area contributed by atoms with E-state index >= 15 is 0 Å². The number of hydrogen-bond acceptors (Lipinski definition) is 4. The number of aliphatic imine (C=N–C) groups is 1. The number of carboxylic acids is 1. The normalized spacial score (nSPS) is 11.2. The predicted octanol–water partition coefficient (Wildman–Crippen LogP) is 5.41. The summed E-state index contributed by atoms with van der Waals surface area (Å²) in [4.78, 5) is 21.8. The molecule has 2 heterocycles. The summed E-state index contributed by atoms with van der Waals surface area (Å²) in [5.74, 6) is -0.956. The maximum absolute atomic E-state index is 11.6. The van der Waals surface area contributed by atoms with Crippen LogP contribution in [0.2, 0.25) is 0 Å². The molecule has 0 spiro atoms. The van der Waals surface area contributed by atoms with Crippen molar-refractivity contribution in [3.63, 3.8) is 0 Å². The second-order valence-electron chi connectivity index (χ2n) is 5.70. The number of fused-ring (bicyclic) bond motifs is 1. The van der Waals surface area contributed by atoms with Gasteiger partial charge in [-0.1, -0.05) is 36.4 Å². The molecule has 4 rings (SSSR count). The zero-order valence-corrected chi connectivity index (χ0v) is 14.5. The van der Waals surface area contributed by atoms with Crippen LogP contribution in [0, 0.1) is 0 Å². The molecule has 2 aromatic carbocycles. The van der Waals surface area contributed by atoms with Crippen molar-refractivity contribution in [3.05, 3.63) is 82.6 Å². The highest BCUT2D eigenvalue weighted by molar-refractivity contribution is 7.11. The average Bonchev–Trinajstić information content (AvgIpc) is 3.19. The topological polar surface area (TPSA) is 62.5 Å². The first-order valence-electron chi connectivity index (χ1n) is 8.02. The van der Waals surface area contributed by atoms with Gasteiger partial charge in [-0.25, -0.2) is 9.78 Å². The summed E-state index contributed by atoms with van der Waals surface area (Å²) in [6, 6.07) is 20.5. The molecule has 0 bridgehead atoms. The zero-order valence-electron chi connectivity index (χ0n) is 13.7. The number of pyridine rings is 1. The molecule has 4 aromatic rings. The van der Waals surface area contributed by atoms with Crippen molar-refractivity contribution in [2.24, 2.45) is 4.99 Å². The highest BCUT2D eigenvalue weighted by atomic mass is 32.1. The number of para-hydroxylation sites is 1. The van der Waals surface area contributed by atoms with Crippen molar-refractivity contribution in [1.82, 2.24) is 4.98 Å². The van der Waals surface area contributed by atoms with Gasteiger partial charge in [0.15, 0.2) is 0 Å². The quantitative estimate of drug-likeness (QED) is 0.496. The van der Waals surface area contributed by atoms with Gasteiger partial charge in [-0.15, -0.1) is 11.3 Å². The molecule has 2 aromatic heterocycles. The molecule has 1 N–H and O–H groups in total. The number of carbonyl (C=O) groups is 1. The number of benzene rings is 2. The monoisotopic (exact) mass is 358 g/mol. The third-order valence-corrected chi connectivity index (χ3v) is 4.80. The summed E-state index contributed by atoms with van der Waals surface area (Å²) in [7, 11) is 0. The summed E-state index contributed by atoms with van der Waals surface area (Å²) in [5, 5.41) is 12.2. The Hall–Kier alpha value is -3.31. The molecule has 0 saturated carbocycles. The molecular weight excluding hydrogens is 344 g/mol. The third-order valence-electron chi connectivity index (χ3n) is 3.99. The van der Waals surface area contributed by atoms with E-state index in [2.05, 4.69) is 9.98 Å². The standard InChI is InChI=1S/C21H14N2O2S/c24-21(25)18-12-20(23-19-6-2-1-5-17(18)19)14-7-9-15(10-8-14)22-13-16-4-3-11-26-16/h1-13H,(H,24,25). The van der Waals surface area contributed by atoms with Crippen LogP contribution in [0.3, 0.4) is 0 Å². The van der Waals surface area contributed by atoms with Crippen LogP contribution in [0.25, 0.3) is 22.2 Å². The van der Waals surface area contributed by atoms with Crippen LogP contribution < -0.4 is 0 Å². The molecule has 0 aliphatic rings. The van der Waals surface area contributed by atoms with Crippen LogP contribution in [-0.4, -0.2) is 22.3 Å². The molecule has 0 fully saturated rings. The highest BCUT2D eigenvalue weighted by Gasteiger charge is 2.12. The van der Waals surface area contributed by atoms with Crippen LogP contribution in [0.15, 0.2) is 77.1 Å². The van der Waals surface area contributed by atoms with E-state index < -0.39 is 5.97 Å². The Morgan fingerprint density at radius 2 is 1.85 bits per heavy atom. The van der Waals surface area contributed by atoms with E-state index in [-0.39, 0.29) is 5.56 Å². The number of thiophene rings is 1. The van der Waals surface area contributed by atoms with Crippen LogP contribution >= 0.6 is 11.3 Å². The molecule has 26 heavy (non-hydrogen) atoms. The van der Waals surface area contributed by atoms with E-state index in [1.165, 1.54) is 0 Å². The smallest absolute Gasteiger partial charge is 0.336 e. The number of aromatic carboxylic acids is 1. The molecule has 0 amide bonds. The zero-order chi connectivity index (χ0) is 17.9. The first-order valence-corrected chi connectivity index (χ1v) is 8.90. The van der Waals surface area contributed by atoms with E-state index in [9.17, 15) is 9.90 Å². The lowest BCUT2D eigenvalue weighted by molar-refractivity contribution is 0.0699. The largest absolute Gasteiger partial charge is 0.478 e. The Kier molecular flexibility index (Phi) is 4.29. The van der Waals surface area contributed by atoms with Crippen molar-refractivity contribution in [3.8, 4) is 11.3 Å². The maximum Gasteiger partial charge on any atom is 0.336 e. The van der Waals surface area contributed by atoms with Gasteiger partial charge in [-0.05, 0) is 35.7 Å². The van der Waals surface area contributed by atoms with E-state index in [1.807, 2.05) is 66.2 Å². The second-order valence-corrected chi connectivity index (χ2v) is 6.68. The molecule has 5 heteroatoms. The van der Waals surface area contributed by atoms with E-state index in [1.54, 1.807) is 23.5 Å². The molecule has 126 valence electrons. The first kappa shape index (κ1) is 16.2. The van der Waals surface area contributed by atoms with Gasteiger partial charge in [0.05, 0.1) is 22.5 Å². The fraction of sp³-hybridized carbons (Fsp3) is 0. The number of hydrogen-bond donors (Lipinski definition) is 1. The van der Waals surface area contributed by atoms with Crippen molar-refractivity contribution in [2.75, 3.05) is 0 Å². The van der Waals surface area contributed by atoms with E-state index in [0.29, 0.717) is 16.6 Å². The van der Waals surface area contributed by atoms with Crippen molar-refractivity contribution in [1.29, 1.82) is 0 Å². The summed E-state index contributed by atoms with van der Waals surface area (Å²) in [5.41, 5.74) is 3.25. The number of carboxylic acid groups (broad SMARTS) is 1. The summed E-state index contributed by atoms with van der Waals surface area (Å²) < 4.78 is 0. The molecule has 0 unspecified atom stereocenters. The average molecular weight is 358 g/mol. The Morgan fingerprint density at radius 3 is 2.58 bits per heavy atom. The molecule has 0 aliphatic heterocycles. The summed E-state index contributed by atoms with van der Waals surface area (Å²) in [6.45, 7) is 0. The van der Waals surface area contributed by atoms with Gasteiger partial charge in [-0.2, -0.15) is 0 Å². The van der Waals surface area contributed by atoms with Gasteiger partial charge in [0, 0.05) is 22.0 Å². The Balaban J connectivity index is 1.70. The van der Waals surface area contributed by atoms with Gasteiger partial charge in [0.25, 0.3) is 0 Å². The van der Waals surface area contributed by atoms with Gasteiger partial charge in [0.1, 0.15) is 0 Å². The molecule has 4 nitrogen and oxygen atoms in total. The van der Waals surface area contributed by atoms with Gasteiger partial charge < -0.3 is 5.11 Å². The first-order chi connectivity index (χ1) is 12.7.